The summed E-state index contributed by atoms with van der Waals surface area (Å²) in [5, 5.41) is 0.000799. The summed E-state index contributed by atoms with van der Waals surface area (Å²) in [6, 6.07) is 9.06. The van der Waals surface area contributed by atoms with Gasteiger partial charge in [-0.2, -0.15) is 4.39 Å². The monoisotopic (exact) mass is 338 g/mol. The number of amides is 1. The van der Waals surface area contributed by atoms with Crippen LogP contribution in [0.3, 0.4) is 0 Å². The molecule has 0 spiro atoms. The average molecular weight is 339 g/mol. The second kappa shape index (κ2) is 7.11. The van der Waals surface area contributed by atoms with Crippen LogP contribution < -0.4 is 5.73 Å². The van der Waals surface area contributed by atoms with E-state index >= 15 is 0 Å². The molecule has 0 aliphatic heterocycles. The smallest absolute Gasteiger partial charge is 0.235 e. The Morgan fingerprint density at radius 2 is 2.05 bits per heavy atom. The lowest BCUT2D eigenvalue weighted by Crippen LogP contribution is -2.19. The van der Waals surface area contributed by atoms with Crippen molar-refractivity contribution in [3.63, 3.8) is 0 Å². The van der Waals surface area contributed by atoms with Crippen LogP contribution >= 0.6 is 23.4 Å². The number of primary amides is 1. The van der Waals surface area contributed by atoms with E-state index in [1.807, 2.05) is 25.1 Å². The van der Waals surface area contributed by atoms with Crippen molar-refractivity contribution in [2.45, 2.75) is 30.5 Å². The first-order chi connectivity index (χ1) is 10.5. The summed E-state index contributed by atoms with van der Waals surface area (Å²) < 4.78 is 14.0. The van der Waals surface area contributed by atoms with Crippen molar-refractivity contribution in [1.82, 2.24) is 4.98 Å². The highest BCUT2D eigenvalue weighted by Gasteiger charge is 2.23. The van der Waals surface area contributed by atoms with Gasteiger partial charge in [0.25, 0.3) is 0 Å². The Morgan fingerprint density at radius 1 is 1.41 bits per heavy atom. The summed E-state index contributed by atoms with van der Waals surface area (Å²) in [5.74, 6) is -1.09. The van der Waals surface area contributed by atoms with Crippen LogP contribution in [0.2, 0.25) is 5.02 Å². The standard InChI is InChI=1S/C16H16ClFN2OS/c1-3-11-9(2)14(18)20-16(12(11)17)22-13(15(19)21)10-7-5-4-6-8-10/h4-8,13H,3H2,1-2H3,(H2,19,21). The molecule has 0 radical (unpaired) electrons. The summed E-state index contributed by atoms with van der Waals surface area (Å²) in [6.07, 6.45) is 0.588. The molecule has 2 aromatic rings. The van der Waals surface area contributed by atoms with E-state index < -0.39 is 17.1 Å². The predicted molar refractivity (Wildman–Crippen MR) is 87.6 cm³/mol. The summed E-state index contributed by atoms with van der Waals surface area (Å²) in [5.41, 5.74) is 7.35. The van der Waals surface area contributed by atoms with E-state index in [0.717, 1.165) is 17.3 Å². The van der Waals surface area contributed by atoms with Crippen LogP contribution in [0.5, 0.6) is 0 Å². The van der Waals surface area contributed by atoms with E-state index in [9.17, 15) is 9.18 Å². The van der Waals surface area contributed by atoms with E-state index in [2.05, 4.69) is 4.98 Å². The first kappa shape index (κ1) is 16.8. The maximum atomic E-state index is 14.0. The molecular formula is C16H16ClFN2OS. The van der Waals surface area contributed by atoms with Crippen LogP contribution in [0, 0.1) is 12.9 Å². The summed E-state index contributed by atoms with van der Waals surface area (Å²) in [6.45, 7) is 3.54. The largest absolute Gasteiger partial charge is 0.368 e. The number of aromatic nitrogens is 1. The zero-order valence-electron chi connectivity index (χ0n) is 12.3. The van der Waals surface area contributed by atoms with Gasteiger partial charge in [0.1, 0.15) is 10.3 Å². The minimum Gasteiger partial charge on any atom is -0.368 e. The normalized spacial score (nSPS) is 12.2. The molecule has 0 bridgehead atoms. The number of thioether (sulfide) groups is 1. The first-order valence-electron chi connectivity index (χ1n) is 6.81. The van der Waals surface area contributed by atoms with Crippen LogP contribution in [-0.4, -0.2) is 10.9 Å². The highest BCUT2D eigenvalue weighted by molar-refractivity contribution is 8.00. The Balaban J connectivity index is 2.44. The molecule has 0 saturated carbocycles. The Morgan fingerprint density at radius 3 is 2.59 bits per heavy atom. The van der Waals surface area contributed by atoms with E-state index in [-0.39, 0.29) is 5.03 Å². The molecule has 0 aliphatic rings. The van der Waals surface area contributed by atoms with Crippen molar-refractivity contribution in [3.8, 4) is 0 Å². The average Bonchev–Trinajstić information content (AvgIpc) is 2.50. The number of carbonyl (C=O) groups is 1. The maximum absolute atomic E-state index is 14.0. The molecule has 22 heavy (non-hydrogen) atoms. The molecule has 3 nitrogen and oxygen atoms in total. The molecule has 116 valence electrons. The van der Waals surface area contributed by atoms with Crippen LogP contribution in [-0.2, 0) is 11.2 Å². The number of rotatable bonds is 5. The number of nitrogens with zero attached hydrogens (tertiary/aromatic N) is 1. The van der Waals surface area contributed by atoms with Crippen LogP contribution in [0.15, 0.2) is 35.4 Å². The highest BCUT2D eigenvalue weighted by atomic mass is 35.5. The highest BCUT2D eigenvalue weighted by Crippen LogP contribution is 2.39. The van der Waals surface area contributed by atoms with Crippen molar-refractivity contribution >= 4 is 29.3 Å². The molecule has 1 atom stereocenters. The van der Waals surface area contributed by atoms with E-state index in [1.54, 1.807) is 19.1 Å². The Kier molecular flexibility index (Phi) is 5.42. The van der Waals surface area contributed by atoms with Gasteiger partial charge in [-0.25, -0.2) is 4.98 Å². The lowest BCUT2D eigenvalue weighted by molar-refractivity contribution is -0.117. The molecule has 0 fully saturated rings. The molecule has 0 saturated heterocycles. The number of carbonyl (C=O) groups excluding carboxylic acids is 1. The molecule has 1 heterocycles. The van der Waals surface area contributed by atoms with Gasteiger partial charge in [0.15, 0.2) is 0 Å². The van der Waals surface area contributed by atoms with Gasteiger partial charge in [0.2, 0.25) is 11.9 Å². The fourth-order valence-electron chi connectivity index (χ4n) is 2.17. The van der Waals surface area contributed by atoms with Crippen molar-refractivity contribution in [2.75, 3.05) is 0 Å². The number of benzene rings is 1. The van der Waals surface area contributed by atoms with E-state index in [1.165, 1.54) is 0 Å². The van der Waals surface area contributed by atoms with E-state index in [4.69, 9.17) is 17.3 Å². The number of halogens is 2. The van der Waals surface area contributed by atoms with Gasteiger partial charge in [-0.1, -0.05) is 60.6 Å². The molecule has 6 heteroatoms. The molecule has 2 N–H and O–H groups in total. The second-order valence-electron chi connectivity index (χ2n) is 4.79. The van der Waals surface area contributed by atoms with E-state index in [0.29, 0.717) is 22.6 Å². The molecule has 1 unspecified atom stereocenters. The Bertz CT molecular complexity index is 694. The number of hydrogen-bond donors (Lipinski definition) is 1. The van der Waals surface area contributed by atoms with Gasteiger partial charge in [-0.05, 0) is 24.5 Å². The van der Waals surface area contributed by atoms with Crippen molar-refractivity contribution in [2.24, 2.45) is 5.73 Å². The number of hydrogen-bond acceptors (Lipinski definition) is 3. The second-order valence-corrected chi connectivity index (χ2v) is 6.26. The van der Waals surface area contributed by atoms with Gasteiger partial charge in [0.05, 0.1) is 5.02 Å². The zero-order chi connectivity index (χ0) is 16.3. The molecule has 1 aromatic carbocycles. The predicted octanol–water partition coefficient (Wildman–Crippen LogP) is 4.06. The number of nitrogens with two attached hydrogens (primary N) is 1. The lowest BCUT2D eigenvalue weighted by atomic mass is 10.1. The Labute approximate surface area is 138 Å². The minimum atomic E-state index is -0.669. The van der Waals surface area contributed by atoms with Gasteiger partial charge in [0, 0.05) is 5.56 Å². The van der Waals surface area contributed by atoms with Crippen molar-refractivity contribution < 1.29 is 9.18 Å². The molecule has 1 aromatic heterocycles. The van der Waals surface area contributed by atoms with Crippen molar-refractivity contribution in [1.29, 1.82) is 0 Å². The topological polar surface area (TPSA) is 56.0 Å². The fourth-order valence-corrected chi connectivity index (χ4v) is 3.61. The maximum Gasteiger partial charge on any atom is 0.235 e. The fraction of sp³-hybridized carbons (Fsp3) is 0.250. The summed E-state index contributed by atoms with van der Waals surface area (Å²) in [4.78, 5) is 15.6. The Hall–Kier alpha value is -1.59. The zero-order valence-corrected chi connectivity index (χ0v) is 13.8. The summed E-state index contributed by atoms with van der Waals surface area (Å²) >= 11 is 7.39. The quantitative estimate of drug-likeness (QED) is 0.660. The third kappa shape index (κ3) is 3.42. The first-order valence-corrected chi connectivity index (χ1v) is 8.06. The summed E-state index contributed by atoms with van der Waals surface area (Å²) in [7, 11) is 0. The number of pyridine rings is 1. The van der Waals surface area contributed by atoms with Crippen LogP contribution in [0.4, 0.5) is 4.39 Å². The molecule has 2 rings (SSSR count). The minimum absolute atomic E-state index is 0.286. The SMILES string of the molecule is CCc1c(C)c(F)nc(SC(C(N)=O)c2ccccc2)c1Cl. The molecular weight excluding hydrogens is 323 g/mol. The third-order valence-electron chi connectivity index (χ3n) is 3.36. The molecule has 0 aliphatic carbocycles. The van der Waals surface area contributed by atoms with Gasteiger partial charge in [-0.15, -0.1) is 0 Å². The van der Waals surface area contributed by atoms with Gasteiger partial charge in [-0.3, -0.25) is 4.79 Å². The van der Waals surface area contributed by atoms with Gasteiger partial charge >= 0.3 is 0 Å². The van der Waals surface area contributed by atoms with Crippen LogP contribution in [0.25, 0.3) is 0 Å². The molecule has 1 amide bonds. The third-order valence-corrected chi connectivity index (χ3v) is 5.14. The lowest BCUT2D eigenvalue weighted by Gasteiger charge is -2.16. The van der Waals surface area contributed by atoms with Gasteiger partial charge < -0.3 is 5.73 Å². The van der Waals surface area contributed by atoms with Crippen molar-refractivity contribution in [3.05, 3.63) is 58.0 Å². The van der Waals surface area contributed by atoms with Crippen LogP contribution in [0.1, 0.15) is 28.9 Å².